The standard InChI is InChI=1S/C10H14ClNOS.C6H12/c1-12-10(13)8-5-6-3-2-4-7(11)9(6)14-8;1-2-4-6-5-3-1/h5-7,9H,2-4H2,1H3,(H,12,13);1-6H2. The molecule has 1 heterocycles. The van der Waals surface area contributed by atoms with Gasteiger partial charge in [-0.05, 0) is 18.8 Å². The molecule has 2 aliphatic carbocycles. The first kappa shape index (κ1) is 16.2. The van der Waals surface area contributed by atoms with Gasteiger partial charge < -0.3 is 5.32 Å². The number of fused-ring (bicyclic) bond motifs is 1. The van der Waals surface area contributed by atoms with Gasteiger partial charge in [0, 0.05) is 17.7 Å². The summed E-state index contributed by atoms with van der Waals surface area (Å²) in [6, 6.07) is 0. The largest absolute Gasteiger partial charge is 0.355 e. The summed E-state index contributed by atoms with van der Waals surface area (Å²) in [5, 5.41) is 3.32. The molecule has 2 fully saturated rings. The second-order valence-electron chi connectivity index (χ2n) is 5.92. The molecule has 114 valence electrons. The number of carbonyl (C=O) groups excluding carboxylic acids is 1. The van der Waals surface area contributed by atoms with E-state index in [9.17, 15) is 4.79 Å². The summed E-state index contributed by atoms with van der Waals surface area (Å²) in [6.07, 6.45) is 14.6. The van der Waals surface area contributed by atoms with Crippen LogP contribution in [0, 0.1) is 5.92 Å². The number of halogens is 1. The third-order valence-corrected chi connectivity index (χ3v) is 6.54. The molecule has 0 saturated heterocycles. The van der Waals surface area contributed by atoms with Crippen molar-refractivity contribution < 1.29 is 4.79 Å². The molecule has 0 bridgehead atoms. The van der Waals surface area contributed by atoms with Crippen molar-refractivity contribution in [2.75, 3.05) is 7.05 Å². The minimum atomic E-state index is 0.0354. The van der Waals surface area contributed by atoms with Crippen molar-refractivity contribution in [1.29, 1.82) is 0 Å². The normalized spacial score (nSPS) is 32.5. The van der Waals surface area contributed by atoms with Crippen LogP contribution in [0.1, 0.15) is 57.8 Å². The maximum absolute atomic E-state index is 11.4. The molecular weight excluding hydrogens is 290 g/mol. The van der Waals surface area contributed by atoms with E-state index in [1.54, 1.807) is 18.8 Å². The number of likely N-dealkylation sites (N-methyl/N-ethyl adjacent to an activating group) is 1. The van der Waals surface area contributed by atoms with Gasteiger partial charge in [0.1, 0.15) is 0 Å². The Morgan fingerprint density at radius 1 is 1.15 bits per heavy atom. The van der Waals surface area contributed by atoms with Crippen LogP contribution >= 0.6 is 23.4 Å². The Kier molecular flexibility index (Phi) is 6.76. The summed E-state index contributed by atoms with van der Waals surface area (Å²) in [7, 11) is 1.67. The highest BCUT2D eigenvalue weighted by Crippen LogP contribution is 2.46. The summed E-state index contributed by atoms with van der Waals surface area (Å²) < 4.78 is 0. The predicted molar refractivity (Wildman–Crippen MR) is 88.2 cm³/mol. The third kappa shape index (κ3) is 4.42. The molecule has 4 heteroatoms. The topological polar surface area (TPSA) is 29.1 Å². The van der Waals surface area contributed by atoms with E-state index < -0.39 is 0 Å². The molecule has 1 amide bonds. The molecule has 2 saturated carbocycles. The van der Waals surface area contributed by atoms with Gasteiger partial charge in [-0.15, -0.1) is 23.4 Å². The first-order chi connectivity index (χ1) is 9.72. The van der Waals surface area contributed by atoms with Gasteiger partial charge in [0.2, 0.25) is 0 Å². The van der Waals surface area contributed by atoms with E-state index in [0.717, 1.165) is 11.3 Å². The van der Waals surface area contributed by atoms with Crippen LogP contribution in [0.25, 0.3) is 0 Å². The summed E-state index contributed by atoms with van der Waals surface area (Å²) in [6.45, 7) is 0. The third-order valence-electron chi connectivity index (χ3n) is 4.38. The van der Waals surface area contributed by atoms with Crippen LogP contribution in [0.5, 0.6) is 0 Å². The van der Waals surface area contributed by atoms with Crippen molar-refractivity contribution >= 4 is 29.3 Å². The molecule has 3 atom stereocenters. The summed E-state index contributed by atoms with van der Waals surface area (Å²) >= 11 is 7.90. The number of allylic oxidation sites excluding steroid dienone is 1. The Balaban J connectivity index is 0.000000205. The lowest BCUT2D eigenvalue weighted by atomic mass is 9.88. The van der Waals surface area contributed by atoms with Gasteiger partial charge in [-0.3, -0.25) is 4.79 Å². The Bertz CT molecular complexity index is 343. The fourth-order valence-electron chi connectivity index (χ4n) is 3.18. The monoisotopic (exact) mass is 315 g/mol. The molecule has 0 radical (unpaired) electrons. The number of rotatable bonds is 1. The van der Waals surface area contributed by atoms with Gasteiger partial charge in [-0.25, -0.2) is 0 Å². The van der Waals surface area contributed by atoms with Gasteiger partial charge in [-0.1, -0.05) is 51.0 Å². The molecule has 1 N–H and O–H groups in total. The van der Waals surface area contributed by atoms with Crippen LogP contribution in [0.15, 0.2) is 11.0 Å². The Morgan fingerprint density at radius 3 is 2.25 bits per heavy atom. The minimum absolute atomic E-state index is 0.0354. The zero-order valence-electron chi connectivity index (χ0n) is 12.4. The van der Waals surface area contributed by atoms with Crippen LogP contribution in [0.4, 0.5) is 0 Å². The molecule has 0 aromatic rings. The average molecular weight is 316 g/mol. The van der Waals surface area contributed by atoms with Crippen LogP contribution in [-0.4, -0.2) is 23.6 Å². The highest BCUT2D eigenvalue weighted by Gasteiger charge is 2.38. The van der Waals surface area contributed by atoms with Gasteiger partial charge in [0.15, 0.2) is 0 Å². The summed E-state index contributed by atoms with van der Waals surface area (Å²) in [4.78, 5) is 12.3. The fraction of sp³-hybridized carbons (Fsp3) is 0.812. The molecular formula is C16H26ClNOS. The van der Waals surface area contributed by atoms with Crippen molar-refractivity contribution in [2.45, 2.75) is 68.4 Å². The number of alkyl halides is 1. The fourth-order valence-corrected chi connectivity index (χ4v) is 5.10. The molecule has 0 aromatic carbocycles. The van der Waals surface area contributed by atoms with Crippen LogP contribution in [0.2, 0.25) is 0 Å². The minimum Gasteiger partial charge on any atom is -0.355 e. The maximum atomic E-state index is 11.4. The lowest BCUT2D eigenvalue weighted by Crippen LogP contribution is -2.27. The van der Waals surface area contributed by atoms with Crippen molar-refractivity contribution in [2.24, 2.45) is 5.92 Å². The zero-order valence-corrected chi connectivity index (χ0v) is 13.9. The van der Waals surface area contributed by atoms with E-state index in [1.165, 1.54) is 51.4 Å². The maximum Gasteiger partial charge on any atom is 0.257 e. The van der Waals surface area contributed by atoms with E-state index in [1.807, 2.05) is 0 Å². The van der Waals surface area contributed by atoms with Crippen molar-refractivity contribution in [3.8, 4) is 0 Å². The number of thioether (sulfide) groups is 1. The molecule has 3 unspecified atom stereocenters. The number of hydrogen-bond acceptors (Lipinski definition) is 2. The van der Waals surface area contributed by atoms with Crippen molar-refractivity contribution in [3.63, 3.8) is 0 Å². The molecule has 1 aliphatic heterocycles. The van der Waals surface area contributed by atoms with E-state index in [4.69, 9.17) is 11.6 Å². The SMILES string of the molecule is C1CCCCC1.CNC(=O)C1=CC2CCCC(Cl)C2S1. The Hall–Kier alpha value is -0.150. The molecule has 3 rings (SSSR count). The van der Waals surface area contributed by atoms with E-state index in [2.05, 4.69) is 11.4 Å². The highest BCUT2D eigenvalue weighted by atomic mass is 35.5. The van der Waals surface area contributed by atoms with Gasteiger partial charge in [0.05, 0.1) is 4.91 Å². The van der Waals surface area contributed by atoms with Crippen molar-refractivity contribution in [1.82, 2.24) is 5.32 Å². The zero-order chi connectivity index (χ0) is 14.4. The van der Waals surface area contributed by atoms with Crippen LogP contribution in [-0.2, 0) is 4.79 Å². The first-order valence-corrected chi connectivity index (χ1v) is 9.28. The number of amides is 1. The van der Waals surface area contributed by atoms with E-state index in [0.29, 0.717) is 11.2 Å². The molecule has 0 aromatic heterocycles. The average Bonchev–Trinajstić information content (AvgIpc) is 2.94. The van der Waals surface area contributed by atoms with Gasteiger partial charge in [0.25, 0.3) is 5.91 Å². The van der Waals surface area contributed by atoms with Crippen LogP contribution in [0.3, 0.4) is 0 Å². The molecule has 20 heavy (non-hydrogen) atoms. The lowest BCUT2D eigenvalue weighted by Gasteiger charge is -2.28. The Labute approximate surface area is 132 Å². The molecule has 3 aliphatic rings. The molecule has 2 nitrogen and oxygen atoms in total. The number of carbonyl (C=O) groups is 1. The Morgan fingerprint density at radius 2 is 1.75 bits per heavy atom. The lowest BCUT2D eigenvalue weighted by molar-refractivity contribution is -0.116. The first-order valence-electron chi connectivity index (χ1n) is 7.97. The van der Waals surface area contributed by atoms with E-state index in [-0.39, 0.29) is 11.3 Å². The van der Waals surface area contributed by atoms with Crippen LogP contribution < -0.4 is 5.32 Å². The number of hydrogen-bond donors (Lipinski definition) is 1. The van der Waals surface area contributed by atoms with Crippen molar-refractivity contribution in [3.05, 3.63) is 11.0 Å². The highest BCUT2D eigenvalue weighted by molar-refractivity contribution is 8.05. The predicted octanol–water partition coefficient (Wildman–Crippen LogP) is 4.48. The van der Waals surface area contributed by atoms with Gasteiger partial charge in [-0.2, -0.15) is 0 Å². The van der Waals surface area contributed by atoms with Gasteiger partial charge >= 0.3 is 0 Å². The van der Waals surface area contributed by atoms with E-state index >= 15 is 0 Å². The smallest absolute Gasteiger partial charge is 0.257 e. The quantitative estimate of drug-likeness (QED) is 0.723. The molecule has 0 spiro atoms. The number of nitrogens with one attached hydrogen (secondary N) is 1. The second-order valence-corrected chi connectivity index (χ2v) is 7.71. The second kappa shape index (κ2) is 8.33. The summed E-state index contributed by atoms with van der Waals surface area (Å²) in [5.41, 5.74) is 0. The summed E-state index contributed by atoms with van der Waals surface area (Å²) in [5.74, 6) is 0.553.